The second kappa shape index (κ2) is 9.94. The minimum Gasteiger partial charge on any atom is -0.370 e. The molecule has 3 aliphatic rings. The lowest BCUT2D eigenvalue weighted by molar-refractivity contribution is -0.140. The van der Waals surface area contributed by atoms with Gasteiger partial charge in [-0.1, -0.05) is 18.2 Å². The number of nitrogens with one attached hydrogen (secondary N) is 3. The average Bonchev–Trinajstić information content (AvgIpc) is 3.46. The molecule has 2 amide bonds. The van der Waals surface area contributed by atoms with Crippen molar-refractivity contribution < 1.29 is 9.59 Å². The van der Waals surface area contributed by atoms with E-state index < -0.39 is 0 Å². The van der Waals surface area contributed by atoms with Gasteiger partial charge >= 0.3 is 0 Å². The van der Waals surface area contributed by atoms with Gasteiger partial charge in [0.15, 0.2) is 5.96 Å². The highest BCUT2D eigenvalue weighted by molar-refractivity contribution is 6.06. The van der Waals surface area contributed by atoms with Crippen molar-refractivity contribution in [2.24, 2.45) is 28.7 Å². The molecule has 1 aliphatic heterocycles. The first-order valence-corrected chi connectivity index (χ1v) is 11.4. The smallest absolute Gasteiger partial charge is 0.233 e. The van der Waals surface area contributed by atoms with Crippen LogP contribution in [0.3, 0.4) is 0 Å². The number of amides is 2. The van der Waals surface area contributed by atoms with E-state index in [1.807, 2.05) is 25.1 Å². The van der Waals surface area contributed by atoms with Gasteiger partial charge in [0.25, 0.3) is 0 Å². The number of aromatic nitrogens is 1. The number of allylic oxidation sites excluding steroid dienone is 2. The van der Waals surface area contributed by atoms with Crippen LogP contribution < -0.4 is 16.0 Å². The minimum absolute atomic E-state index is 0.0102. The molecule has 2 aliphatic carbocycles. The molecular weight excluding hydrogens is 392 g/mol. The Kier molecular flexibility index (Phi) is 6.84. The minimum atomic E-state index is -0.121. The summed E-state index contributed by atoms with van der Waals surface area (Å²) in [5, 5.41) is 9.78. The summed E-state index contributed by atoms with van der Waals surface area (Å²) < 4.78 is 0. The topological polar surface area (TPSA) is 98.7 Å². The summed E-state index contributed by atoms with van der Waals surface area (Å²) in [4.78, 5) is 35.8. The van der Waals surface area contributed by atoms with Crippen molar-refractivity contribution in [2.75, 3.05) is 38.0 Å². The maximum atomic E-state index is 12.8. The van der Waals surface area contributed by atoms with Gasteiger partial charge in [-0.3, -0.25) is 19.5 Å². The lowest BCUT2D eigenvalue weighted by Crippen LogP contribution is -2.43. The summed E-state index contributed by atoms with van der Waals surface area (Å²) in [5.74, 6) is 1.91. The van der Waals surface area contributed by atoms with E-state index in [0.717, 1.165) is 44.1 Å². The van der Waals surface area contributed by atoms with Crippen LogP contribution in [0.25, 0.3) is 0 Å². The van der Waals surface area contributed by atoms with Crippen LogP contribution in [0, 0.1) is 23.7 Å². The van der Waals surface area contributed by atoms with Crippen molar-refractivity contribution in [3.8, 4) is 0 Å². The highest BCUT2D eigenvalue weighted by atomic mass is 16.2. The van der Waals surface area contributed by atoms with Crippen molar-refractivity contribution in [1.82, 2.24) is 20.5 Å². The zero-order valence-electron chi connectivity index (χ0n) is 18.1. The number of carbonyl (C=O) groups excluding carboxylic acids is 2. The van der Waals surface area contributed by atoms with Crippen molar-refractivity contribution in [2.45, 2.75) is 26.2 Å². The molecule has 4 rings (SSSR count). The number of imide groups is 1. The third kappa shape index (κ3) is 4.73. The first-order chi connectivity index (χ1) is 15.2. The molecule has 1 aromatic rings. The van der Waals surface area contributed by atoms with Gasteiger partial charge in [-0.05, 0) is 50.2 Å². The highest BCUT2D eigenvalue weighted by Crippen LogP contribution is 2.52. The van der Waals surface area contributed by atoms with E-state index in [1.165, 1.54) is 4.90 Å². The van der Waals surface area contributed by atoms with Crippen LogP contribution in [0.2, 0.25) is 0 Å². The third-order valence-electron chi connectivity index (χ3n) is 6.36. The van der Waals surface area contributed by atoms with Crippen molar-refractivity contribution >= 4 is 23.6 Å². The molecule has 2 bridgehead atoms. The van der Waals surface area contributed by atoms with E-state index in [4.69, 9.17) is 0 Å². The number of rotatable bonds is 10. The van der Waals surface area contributed by atoms with E-state index in [9.17, 15) is 9.59 Å². The van der Waals surface area contributed by atoms with Crippen molar-refractivity contribution in [3.63, 3.8) is 0 Å². The Labute approximate surface area is 183 Å². The zero-order chi connectivity index (χ0) is 21.6. The summed E-state index contributed by atoms with van der Waals surface area (Å²) in [6, 6.07) is 5.82. The monoisotopic (exact) mass is 424 g/mol. The molecule has 0 radical (unpaired) electrons. The second-order valence-corrected chi connectivity index (χ2v) is 8.36. The van der Waals surface area contributed by atoms with Gasteiger partial charge in [0.05, 0.1) is 11.8 Å². The number of nitrogens with zero attached hydrogens (tertiary/aromatic N) is 3. The van der Waals surface area contributed by atoms with Gasteiger partial charge in [0, 0.05) is 38.9 Å². The number of carbonyl (C=O) groups is 2. The van der Waals surface area contributed by atoms with E-state index in [0.29, 0.717) is 19.6 Å². The Morgan fingerprint density at radius 2 is 1.87 bits per heavy atom. The molecular formula is C23H32N6O2. The Balaban J connectivity index is 1.17. The molecule has 1 saturated carbocycles. The largest absolute Gasteiger partial charge is 0.370 e. The number of fused-ring (bicyclic) bond motifs is 5. The number of hydrogen-bond acceptors (Lipinski definition) is 5. The van der Waals surface area contributed by atoms with Crippen LogP contribution in [0.4, 0.5) is 5.82 Å². The summed E-state index contributed by atoms with van der Waals surface area (Å²) in [6.07, 6.45) is 8.94. The number of unbranched alkanes of at least 4 members (excludes halogenated alkanes) is 1. The Morgan fingerprint density at radius 1 is 1.10 bits per heavy atom. The molecule has 0 spiro atoms. The molecule has 0 aromatic carbocycles. The maximum Gasteiger partial charge on any atom is 0.233 e. The molecule has 166 valence electrons. The highest BCUT2D eigenvalue weighted by Gasteiger charge is 2.58. The lowest BCUT2D eigenvalue weighted by Gasteiger charge is -2.18. The molecule has 2 fully saturated rings. The SMILES string of the molecule is CCNC(=NCCCCNc1ccccn1)NCCN1C(=O)C2C3C=CC(C3)C2C1=O. The molecule has 8 nitrogen and oxygen atoms in total. The lowest BCUT2D eigenvalue weighted by atomic mass is 9.85. The van der Waals surface area contributed by atoms with E-state index in [2.05, 4.69) is 38.1 Å². The number of guanidine groups is 1. The van der Waals surface area contributed by atoms with Crippen molar-refractivity contribution in [3.05, 3.63) is 36.5 Å². The predicted octanol–water partition coefficient (Wildman–Crippen LogP) is 1.64. The molecule has 1 saturated heterocycles. The second-order valence-electron chi connectivity index (χ2n) is 8.36. The zero-order valence-corrected chi connectivity index (χ0v) is 18.1. The van der Waals surface area contributed by atoms with Crippen LogP contribution in [0.1, 0.15) is 26.2 Å². The summed E-state index contributed by atoms with van der Waals surface area (Å²) in [5.41, 5.74) is 0. The van der Waals surface area contributed by atoms with E-state index in [-0.39, 0.29) is 35.5 Å². The van der Waals surface area contributed by atoms with Gasteiger partial charge in [0.1, 0.15) is 5.82 Å². The van der Waals surface area contributed by atoms with Gasteiger partial charge in [-0.15, -0.1) is 0 Å². The Morgan fingerprint density at radius 3 is 2.55 bits per heavy atom. The van der Waals surface area contributed by atoms with Crippen LogP contribution in [-0.4, -0.2) is 60.4 Å². The van der Waals surface area contributed by atoms with Gasteiger partial charge in [0.2, 0.25) is 11.8 Å². The summed E-state index contributed by atoms with van der Waals surface area (Å²) >= 11 is 0. The predicted molar refractivity (Wildman–Crippen MR) is 120 cm³/mol. The van der Waals surface area contributed by atoms with Crippen LogP contribution in [-0.2, 0) is 9.59 Å². The standard InChI is InChI=1S/C23H32N6O2/c1-2-24-23(27-12-6-5-11-26-18-7-3-4-10-25-18)28-13-14-29-21(30)19-16-8-9-17(15-16)20(19)22(29)31/h3-4,7-10,16-17,19-20H,2,5-6,11-15H2,1H3,(H,25,26)(H2,24,27,28). The average molecular weight is 425 g/mol. The molecule has 4 atom stereocenters. The first kappa shape index (κ1) is 21.3. The van der Waals surface area contributed by atoms with Gasteiger partial charge < -0.3 is 16.0 Å². The Bertz CT molecular complexity index is 810. The van der Waals surface area contributed by atoms with Crippen LogP contribution >= 0.6 is 0 Å². The number of aliphatic imine (C=N–C) groups is 1. The van der Waals surface area contributed by atoms with Gasteiger partial charge in [-0.2, -0.15) is 0 Å². The molecule has 3 N–H and O–H groups in total. The number of anilines is 1. The fourth-order valence-electron chi connectivity index (χ4n) is 4.92. The summed E-state index contributed by atoms with van der Waals surface area (Å²) in [7, 11) is 0. The van der Waals surface area contributed by atoms with Crippen LogP contribution in [0.15, 0.2) is 41.5 Å². The van der Waals surface area contributed by atoms with Crippen LogP contribution in [0.5, 0.6) is 0 Å². The van der Waals surface area contributed by atoms with Gasteiger partial charge in [-0.25, -0.2) is 4.98 Å². The fraction of sp³-hybridized carbons (Fsp3) is 0.565. The number of likely N-dealkylation sites (tertiary alicyclic amines) is 1. The Hall–Kier alpha value is -2.90. The quantitative estimate of drug-likeness (QED) is 0.174. The molecule has 4 unspecified atom stereocenters. The molecule has 2 heterocycles. The summed E-state index contributed by atoms with van der Waals surface area (Å²) in [6.45, 7) is 5.24. The fourth-order valence-corrected chi connectivity index (χ4v) is 4.92. The normalized spacial score (nSPS) is 26.5. The molecule has 8 heteroatoms. The van der Waals surface area contributed by atoms with E-state index >= 15 is 0 Å². The maximum absolute atomic E-state index is 12.8. The first-order valence-electron chi connectivity index (χ1n) is 11.4. The molecule has 1 aromatic heterocycles. The molecule has 31 heavy (non-hydrogen) atoms. The number of pyridine rings is 1. The van der Waals surface area contributed by atoms with Crippen molar-refractivity contribution in [1.29, 1.82) is 0 Å². The number of hydrogen-bond donors (Lipinski definition) is 3. The van der Waals surface area contributed by atoms with E-state index in [1.54, 1.807) is 6.20 Å². The third-order valence-corrected chi connectivity index (χ3v) is 6.36.